The molecule has 1 saturated carbocycles. The molecule has 0 amide bonds. The molecule has 0 saturated heterocycles. The largest absolute Gasteiger partial charge is 0.388 e. The first kappa shape index (κ1) is 11.8. The molecule has 1 fully saturated rings. The van der Waals surface area contributed by atoms with E-state index in [2.05, 4.69) is 10.3 Å². The maximum Gasteiger partial charge on any atom is 0.147 e. The van der Waals surface area contributed by atoms with Crippen LogP contribution in [0.5, 0.6) is 0 Å². The number of anilines is 2. The lowest BCUT2D eigenvalue weighted by atomic mass is 9.80. The van der Waals surface area contributed by atoms with E-state index in [0.717, 1.165) is 19.3 Å². The fraction of sp³-hybridized carbons (Fsp3) is 0.500. The molecule has 2 rings (SSSR count). The Bertz CT molecular complexity index is 407. The van der Waals surface area contributed by atoms with E-state index in [1.165, 1.54) is 0 Å². The SMILES string of the molecule is Nc1nc(NCC2(O)CCC2)c(Cl)cc1Cl. The molecule has 0 atom stereocenters. The monoisotopic (exact) mass is 261 g/mol. The van der Waals surface area contributed by atoms with Crippen molar-refractivity contribution in [3.63, 3.8) is 0 Å². The molecule has 0 aliphatic heterocycles. The van der Waals surface area contributed by atoms with Crippen LogP contribution in [-0.4, -0.2) is 22.2 Å². The van der Waals surface area contributed by atoms with Gasteiger partial charge < -0.3 is 16.2 Å². The van der Waals surface area contributed by atoms with E-state index < -0.39 is 5.60 Å². The molecule has 1 aromatic rings. The molecule has 1 aliphatic rings. The molecule has 4 nitrogen and oxygen atoms in total. The van der Waals surface area contributed by atoms with E-state index in [4.69, 9.17) is 28.9 Å². The molecule has 0 aromatic carbocycles. The number of halogens is 2. The quantitative estimate of drug-likeness (QED) is 0.781. The van der Waals surface area contributed by atoms with E-state index in [9.17, 15) is 5.11 Å². The van der Waals surface area contributed by atoms with Crippen LogP contribution < -0.4 is 11.1 Å². The van der Waals surface area contributed by atoms with Gasteiger partial charge in [-0.15, -0.1) is 0 Å². The molecule has 88 valence electrons. The van der Waals surface area contributed by atoms with Crippen LogP contribution in [0.2, 0.25) is 10.0 Å². The highest BCUT2D eigenvalue weighted by Crippen LogP contribution is 2.33. The van der Waals surface area contributed by atoms with Crippen molar-refractivity contribution in [3.8, 4) is 0 Å². The van der Waals surface area contributed by atoms with Crippen LogP contribution in [-0.2, 0) is 0 Å². The van der Waals surface area contributed by atoms with Gasteiger partial charge in [-0.25, -0.2) is 4.98 Å². The smallest absolute Gasteiger partial charge is 0.147 e. The summed E-state index contributed by atoms with van der Waals surface area (Å²) in [5.41, 5.74) is 4.95. The molecular formula is C10H13Cl2N3O. The van der Waals surface area contributed by atoms with Crippen molar-refractivity contribution in [1.82, 2.24) is 4.98 Å². The van der Waals surface area contributed by atoms with Crippen molar-refractivity contribution in [1.29, 1.82) is 0 Å². The Balaban J connectivity index is 2.06. The van der Waals surface area contributed by atoms with E-state index in [0.29, 0.717) is 22.4 Å². The zero-order chi connectivity index (χ0) is 11.8. The Morgan fingerprint density at radius 2 is 2.12 bits per heavy atom. The molecule has 16 heavy (non-hydrogen) atoms. The van der Waals surface area contributed by atoms with Gasteiger partial charge in [-0.3, -0.25) is 0 Å². The number of nitrogens with zero attached hydrogens (tertiary/aromatic N) is 1. The molecule has 1 heterocycles. The molecule has 1 aromatic heterocycles. The lowest BCUT2D eigenvalue weighted by molar-refractivity contribution is -0.0202. The summed E-state index contributed by atoms with van der Waals surface area (Å²) in [5, 5.41) is 13.6. The zero-order valence-corrected chi connectivity index (χ0v) is 10.1. The van der Waals surface area contributed by atoms with Gasteiger partial charge in [-0.2, -0.15) is 0 Å². The first-order valence-electron chi connectivity index (χ1n) is 5.08. The highest BCUT2D eigenvalue weighted by atomic mass is 35.5. The minimum Gasteiger partial charge on any atom is -0.388 e. The first-order chi connectivity index (χ1) is 7.50. The Hall–Kier alpha value is -0.710. The van der Waals surface area contributed by atoms with Crippen LogP contribution in [0.15, 0.2) is 6.07 Å². The fourth-order valence-corrected chi connectivity index (χ4v) is 2.04. The van der Waals surface area contributed by atoms with Crippen LogP contribution >= 0.6 is 23.2 Å². The maximum absolute atomic E-state index is 9.90. The van der Waals surface area contributed by atoms with Gasteiger partial charge >= 0.3 is 0 Å². The Labute approximate surface area is 104 Å². The van der Waals surface area contributed by atoms with Crippen LogP contribution in [0.25, 0.3) is 0 Å². The minimum absolute atomic E-state index is 0.231. The van der Waals surface area contributed by atoms with Gasteiger partial charge in [0.1, 0.15) is 11.6 Å². The lowest BCUT2D eigenvalue weighted by Gasteiger charge is -2.36. The van der Waals surface area contributed by atoms with Gasteiger partial charge in [0.05, 0.1) is 15.6 Å². The van der Waals surface area contributed by atoms with Crippen molar-refractivity contribution in [2.24, 2.45) is 0 Å². The fourth-order valence-electron chi connectivity index (χ4n) is 1.61. The van der Waals surface area contributed by atoms with Crippen molar-refractivity contribution in [2.75, 3.05) is 17.6 Å². The molecule has 4 N–H and O–H groups in total. The van der Waals surface area contributed by atoms with E-state index in [-0.39, 0.29) is 5.82 Å². The highest BCUT2D eigenvalue weighted by Gasteiger charge is 2.34. The van der Waals surface area contributed by atoms with Gasteiger partial charge in [0, 0.05) is 6.54 Å². The summed E-state index contributed by atoms with van der Waals surface area (Å²) in [6, 6.07) is 1.54. The van der Waals surface area contributed by atoms with Crippen molar-refractivity contribution in [3.05, 3.63) is 16.1 Å². The maximum atomic E-state index is 9.90. The summed E-state index contributed by atoms with van der Waals surface area (Å²) in [5.74, 6) is 0.693. The number of nitrogens with one attached hydrogen (secondary N) is 1. The van der Waals surface area contributed by atoms with Crippen molar-refractivity contribution in [2.45, 2.75) is 24.9 Å². The zero-order valence-electron chi connectivity index (χ0n) is 8.63. The average molecular weight is 262 g/mol. The number of aliphatic hydroxyl groups is 1. The summed E-state index contributed by atoms with van der Waals surface area (Å²) >= 11 is 11.7. The second kappa shape index (κ2) is 4.28. The van der Waals surface area contributed by atoms with Crippen LogP contribution in [0.4, 0.5) is 11.6 Å². The predicted molar refractivity (Wildman–Crippen MR) is 66.0 cm³/mol. The third-order valence-corrected chi connectivity index (χ3v) is 3.42. The highest BCUT2D eigenvalue weighted by molar-refractivity contribution is 6.37. The molecule has 0 bridgehead atoms. The standard InChI is InChI=1S/C10H13Cl2N3O/c11-6-4-7(12)9(15-8(6)13)14-5-10(16)2-1-3-10/h4,16H,1-3,5H2,(H3,13,14,15). The summed E-state index contributed by atoms with van der Waals surface area (Å²) in [7, 11) is 0. The Morgan fingerprint density at radius 3 is 2.69 bits per heavy atom. The molecule has 6 heteroatoms. The molecule has 0 radical (unpaired) electrons. The van der Waals surface area contributed by atoms with Crippen LogP contribution in [0, 0.1) is 0 Å². The molecular weight excluding hydrogens is 249 g/mol. The summed E-state index contributed by atoms with van der Waals surface area (Å²) in [4.78, 5) is 4.03. The topological polar surface area (TPSA) is 71.2 Å². The van der Waals surface area contributed by atoms with E-state index in [1.54, 1.807) is 6.07 Å². The van der Waals surface area contributed by atoms with E-state index >= 15 is 0 Å². The minimum atomic E-state index is -0.626. The number of rotatable bonds is 3. The third kappa shape index (κ3) is 2.34. The first-order valence-corrected chi connectivity index (χ1v) is 5.83. The van der Waals surface area contributed by atoms with Gasteiger partial charge in [0.2, 0.25) is 0 Å². The Kier molecular flexibility index (Phi) is 3.15. The number of nitrogen functional groups attached to an aromatic ring is 1. The average Bonchev–Trinajstić information content (AvgIpc) is 2.19. The van der Waals surface area contributed by atoms with Crippen LogP contribution in [0.3, 0.4) is 0 Å². The summed E-state index contributed by atoms with van der Waals surface area (Å²) in [6.45, 7) is 0.431. The normalized spacial score (nSPS) is 17.9. The number of nitrogens with two attached hydrogens (primary N) is 1. The van der Waals surface area contributed by atoms with Gasteiger partial charge in [-0.05, 0) is 25.3 Å². The summed E-state index contributed by atoms with van der Waals surface area (Å²) < 4.78 is 0. The van der Waals surface area contributed by atoms with Gasteiger partial charge in [0.15, 0.2) is 0 Å². The van der Waals surface area contributed by atoms with Gasteiger partial charge in [-0.1, -0.05) is 23.2 Å². The number of hydrogen-bond donors (Lipinski definition) is 3. The second-order valence-corrected chi connectivity index (χ2v) is 4.93. The Morgan fingerprint density at radius 1 is 1.44 bits per heavy atom. The predicted octanol–water partition coefficient (Wildman–Crippen LogP) is 2.30. The summed E-state index contributed by atoms with van der Waals surface area (Å²) in [6.07, 6.45) is 2.67. The third-order valence-electron chi connectivity index (χ3n) is 2.83. The van der Waals surface area contributed by atoms with Crippen molar-refractivity contribution < 1.29 is 5.11 Å². The van der Waals surface area contributed by atoms with Crippen molar-refractivity contribution >= 4 is 34.8 Å². The number of pyridine rings is 1. The number of hydrogen-bond acceptors (Lipinski definition) is 4. The molecule has 1 aliphatic carbocycles. The number of aromatic nitrogens is 1. The van der Waals surface area contributed by atoms with Gasteiger partial charge in [0.25, 0.3) is 0 Å². The lowest BCUT2D eigenvalue weighted by Crippen LogP contribution is -2.43. The molecule has 0 unspecified atom stereocenters. The van der Waals surface area contributed by atoms with Crippen LogP contribution in [0.1, 0.15) is 19.3 Å². The molecule has 0 spiro atoms. The second-order valence-electron chi connectivity index (χ2n) is 4.12. The van der Waals surface area contributed by atoms with E-state index in [1.807, 2.05) is 0 Å².